The van der Waals surface area contributed by atoms with E-state index in [1.807, 2.05) is 37.3 Å². The van der Waals surface area contributed by atoms with Gasteiger partial charge in [-0.3, -0.25) is 4.79 Å². The van der Waals surface area contributed by atoms with Crippen LogP contribution < -0.4 is 22.1 Å². The molecule has 0 aliphatic rings. The van der Waals surface area contributed by atoms with E-state index in [9.17, 15) is 4.79 Å². The Morgan fingerprint density at radius 2 is 1.64 bits per heavy atom. The fourth-order valence-corrected chi connectivity index (χ4v) is 2.45. The number of aryl methyl sites for hydroxylation is 1. The first-order chi connectivity index (χ1) is 12.0. The van der Waals surface area contributed by atoms with E-state index in [1.165, 1.54) is 0 Å². The maximum Gasteiger partial charge on any atom is 0.255 e. The fourth-order valence-electron chi connectivity index (χ4n) is 2.45. The Morgan fingerprint density at radius 1 is 0.920 bits per heavy atom. The predicted molar refractivity (Wildman–Crippen MR) is 102 cm³/mol. The molecule has 0 bridgehead atoms. The Labute approximate surface area is 145 Å². The quantitative estimate of drug-likeness (QED) is 0.546. The molecule has 6 heteroatoms. The van der Waals surface area contributed by atoms with Crippen molar-refractivity contribution < 1.29 is 4.79 Å². The lowest BCUT2D eigenvalue weighted by molar-refractivity contribution is 0.102. The van der Waals surface area contributed by atoms with Gasteiger partial charge in [0.05, 0.1) is 0 Å². The molecule has 0 saturated carbocycles. The van der Waals surface area contributed by atoms with Gasteiger partial charge in [-0.2, -0.15) is 0 Å². The second kappa shape index (κ2) is 6.92. The minimum absolute atomic E-state index is 0.193. The summed E-state index contributed by atoms with van der Waals surface area (Å²) in [5, 5.41) is 6.13. The Hall–Kier alpha value is -3.54. The van der Waals surface area contributed by atoms with Gasteiger partial charge in [0, 0.05) is 40.1 Å². The van der Waals surface area contributed by atoms with E-state index in [0.29, 0.717) is 22.8 Å². The van der Waals surface area contributed by atoms with Crippen molar-refractivity contribution in [2.45, 2.75) is 6.92 Å². The summed E-state index contributed by atoms with van der Waals surface area (Å²) in [6.45, 7) is 1.88. The Bertz CT molecular complexity index is 886. The molecule has 0 spiro atoms. The normalized spacial score (nSPS) is 10.3. The van der Waals surface area contributed by atoms with Crippen molar-refractivity contribution in [3.63, 3.8) is 0 Å². The molecule has 1 amide bonds. The monoisotopic (exact) mass is 333 g/mol. The molecule has 0 fully saturated rings. The van der Waals surface area contributed by atoms with Gasteiger partial charge in [-0.05, 0) is 55.5 Å². The molecule has 3 rings (SSSR count). The molecule has 0 radical (unpaired) electrons. The molecular weight excluding hydrogens is 314 g/mol. The van der Waals surface area contributed by atoms with Crippen LogP contribution in [0, 0.1) is 6.92 Å². The summed E-state index contributed by atoms with van der Waals surface area (Å²) in [6.07, 6.45) is 0. The number of anilines is 5. The van der Waals surface area contributed by atoms with Crippen LogP contribution in [0.1, 0.15) is 16.1 Å². The Kier molecular flexibility index (Phi) is 4.52. The number of amides is 1. The fraction of sp³-hybridized carbons (Fsp3) is 0.0526. The molecule has 126 valence electrons. The predicted octanol–water partition coefficient (Wildman–Crippen LogP) is 3.55. The number of carbonyl (C=O) groups is 1. The van der Waals surface area contributed by atoms with Crippen LogP contribution in [0.15, 0.2) is 60.7 Å². The first-order valence-corrected chi connectivity index (χ1v) is 7.78. The van der Waals surface area contributed by atoms with Crippen molar-refractivity contribution in [3.05, 3.63) is 71.9 Å². The molecule has 1 aromatic heterocycles. The highest BCUT2D eigenvalue weighted by atomic mass is 16.1. The number of nitrogens with two attached hydrogens (primary N) is 2. The zero-order valence-electron chi connectivity index (χ0n) is 13.8. The van der Waals surface area contributed by atoms with Crippen molar-refractivity contribution in [2.75, 3.05) is 22.1 Å². The van der Waals surface area contributed by atoms with Crippen LogP contribution in [0.2, 0.25) is 0 Å². The van der Waals surface area contributed by atoms with Crippen molar-refractivity contribution in [1.82, 2.24) is 4.98 Å². The lowest BCUT2D eigenvalue weighted by atomic mass is 10.2. The van der Waals surface area contributed by atoms with E-state index >= 15 is 0 Å². The van der Waals surface area contributed by atoms with E-state index in [4.69, 9.17) is 11.5 Å². The first-order valence-electron chi connectivity index (χ1n) is 7.78. The van der Waals surface area contributed by atoms with Crippen LogP contribution in [-0.4, -0.2) is 10.9 Å². The molecular formula is C19H19N5O. The molecule has 3 aromatic rings. The van der Waals surface area contributed by atoms with Crippen LogP contribution in [0.5, 0.6) is 0 Å². The van der Waals surface area contributed by atoms with Gasteiger partial charge in [0.25, 0.3) is 5.91 Å². The van der Waals surface area contributed by atoms with Gasteiger partial charge in [0.1, 0.15) is 5.82 Å². The molecule has 6 nitrogen and oxygen atoms in total. The third-order valence-corrected chi connectivity index (χ3v) is 3.56. The highest BCUT2D eigenvalue weighted by Gasteiger charge is 2.06. The van der Waals surface area contributed by atoms with Gasteiger partial charge in [0.2, 0.25) is 0 Å². The molecule has 6 N–H and O–H groups in total. The number of rotatable bonds is 4. The summed E-state index contributed by atoms with van der Waals surface area (Å²) in [4.78, 5) is 16.4. The number of hydrogen-bond acceptors (Lipinski definition) is 5. The molecule has 2 aromatic carbocycles. The summed E-state index contributed by atoms with van der Waals surface area (Å²) in [6, 6.07) is 17.9. The van der Waals surface area contributed by atoms with Crippen LogP contribution in [0.25, 0.3) is 0 Å². The summed E-state index contributed by atoms with van der Waals surface area (Å²) >= 11 is 0. The van der Waals surface area contributed by atoms with Crippen molar-refractivity contribution >= 4 is 34.5 Å². The second-order valence-electron chi connectivity index (χ2n) is 5.70. The van der Waals surface area contributed by atoms with E-state index in [0.717, 1.165) is 17.1 Å². The van der Waals surface area contributed by atoms with E-state index in [-0.39, 0.29) is 5.91 Å². The maximum absolute atomic E-state index is 12.3. The van der Waals surface area contributed by atoms with Gasteiger partial charge >= 0.3 is 0 Å². The van der Waals surface area contributed by atoms with Crippen molar-refractivity contribution in [2.24, 2.45) is 0 Å². The number of nitrogens with one attached hydrogen (secondary N) is 2. The van der Waals surface area contributed by atoms with E-state index in [1.54, 1.807) is 30.3 Å². The maximum atomic E-state index is 12.3. The molecule has 1 heterocycles. The number of nitrogen functional groups attached to an aromatic ring is 2. The van der Waals surface area contributed by atoms with Gasteiger partial charge in [-0.15, -0.1) is 0 Å². The Morgan fingerprint density at radius 3 is 2.36 bits per heavy atom. The van der Waals surface area contributed by atoms with Crippen molar-refractivity contribution in [3.8, 4) is 0 Å². The second-order valence-corrected chi connectivity index (χ2v) is 5.70. The molecule has 0 aliphatic carbocycles. The number of nitrogens with zero attached hydrogens (tertiary/aromatic N) is 1. The molecule has 0 atom stereocenters. The number of pyridine rings is 1. The zero-order chi connectivity index (χ0) is 17.8. The molecule has 0 saturated heterocycles. The lowest BCUT2D eigenvalue weighted by Crippen LogP contribution is -2.11. The third-order valence-electron chi connectivity index (χ3n) is 3.56. The van der Waals surface area contributed by atoms with Gasteiger partial charge in [0.15, 0.2) is 0 Å². The van der Waals surface area contributed by atoms with Gasteiger partial charge in [-0.25, -0.2) is 4.98 Å². The third kappa shape index (κ3) is 4.26. The smallest absolute Gasteiger partial charge is 0.255 e. The minimum atomic E-state index is -0.193. The van der Waals surface area contributed by atoms with E-state index in [2.05, 4.69) is 15.6 Å². The average Bonchev–Trinajstić information content (AvgIpc) is 2.54. The Balaban J connectivity index is 1.74. The number of benzene rings is 2. The SMILES string of the molecule is Cc1cc(Nc2cccc(NC(=O)c3ccc(N)cc3)c2)cc(N)n1. The lowest BCUT2D eigenvalue weighted by Gasteiger charge is -2.11. The molecule has 0 unspecified atom stereocenters. The highest BCUT2D eigenvalue weighted by Crippen LogP contribution is 2.22. The van der Waals surface area contributed by atoms with Crippen molar-refractivity contribution in [1.29, 1.82) is 0 Å². The molecule has 25 heavy (non-hydrogen) atoms. The highest BCUT2D eigenvalue weighted by molar-refractivity contribution is 6.04. The largest absolute Gasteiger partial charge is 0.399 e. The minimum Gasteiger partial charge on any atom is -0.399 e. The topological polar surface area (TPSA) is 106 Å². The number of carbonyl (C=O) groups excluding carboxylic acids is 1. The average molecular weight is 333 g/mol. The number of hydrogen-bond donors (Lipinski definition) is 4. The number of aromatic nitrogens is 1. The summed E-state index contributed by atoms with van der Waals surface area (Å²) in [5.41, 5.74) is 15.8. The summed E-state index contributed by atoms with van der Waals surface area (Å²) in [7, 11) is 0. The van der Waals surface area contributed by atoms with Crippen LogP contribution in [0.4, 0.5) is 28.6 Å². The summed E-state index contributed by atoms with van der Waals surface area (Å²) in [5.74, 6) is 0.261. The van der Waals surface area contributed by atoms with Crippen LogP contribution >= 0.6 is 0 Å². The van der Waals surface area contributed by atoms with E-state index < -0.39 is 0 Å². The zero-order valence-corrected chi connectivity index (χ0v) is 13.8. The van der Waals surface area contributed by atoms with Crippen LogP contribution in [-0.2, 0) is 0 Å². The first kappa shape index (κ1) is 16.3. The standard InChI is InChI=1S/C19H19N5O/c1-12-9-17(11-18(21)22-12)23-15-3-2-4-16(10-15)24-19(25)13-5-7-14(20)8-6-13/h2-11H,20H2,1H3,(H,24,25)(H3,21,22,23). The molecule has 0 aliphatic heterocycles. The van der Waals surface area contributed by atoms with Gasteiger partial charge < -0.3 is 22.1 Å². The summed E-state index contributed by atoms with van der Waals surface area (Å²) < 4.78 is 0. The van der Waals surface area contributed by atoms with Gasteiger partial charge in [-0.1, -0.05) is 6.07 Å². The van der Waals surface area contributed by atoms with Crippen LogP contribution in [0.3, 0.4) is 0 Å².